The van der Waals surface area contributed by atoms with E-state index in [-0.39, 0.29) is 0 Å². The topological polar surface area (TPSA) is 85.6 Å². The van der Waals surface area contributed by atoms with Crippen molar-refractivity contribution in [3.05, 3.63) is 24.3 Å². The molecule has 1 aromatic carbocycles. The maximum atomic E-state index is 10.4. The zero-order chi connectivity index (χ0) is 13.2. The highest BCUT2D eigenvalue weighted by Gasteiger charge is 1.95. The number of primary amides is 1. The summed E-state index contributed by atoms with van der Waals surface area (Å²) in [6.07, 6.45) is 0. The first-order valence-electron chi connectivity index (χ1n) is 5.73. The Morgan fingerprint density at radius 3 is 2.44 bits per heavy atom. The molecular weight excluding hydrogens is 234 g/mol. The Labute approximate surface area is 106 Å². The second kappa shape index (κ2) is 8.19. The molecular formula is C12H19N3O3. The summed E-state index contributed by atoms with van der Waals surface area (Å²) in [5, 5.41) is 5.60. The van der Waals surface area contributed by atoms with Crippen LogP contribution in [0.4, 0.5) is 4.79 Å². The number of rotatable bonds is 8. The van der Waals surface area contributed by atoms with E-state index in [1.807, 2.05) is 24.3 Å². The Morgan fingerprint density at radius 1 is 1.17 bits per heavy atom. The van der Waals surface area contributed by atoms with E-state index in [4.69, 9.17) is 15.2 Å². The molecule has 0 aromatic heterocycles. The van der Waals surface area contributed by atoms with Crippen molar-refractivity contribution in [1.82, 2.24) is 10.6 Å². The highest BCUT2D eigenvalue weighted by molar-refractivity contribution is 5.71. The number of amides is 2. The van der Waals surface area contributed by atoms with Gasteiger partial charge in [0.05, 0.1) is 7.11 Å². The van der Waals surface area contributed by atoms with Crippen LogP contribution in [0, 0.1) is 0 Å². The number of hydrogen-bond donors (Lipinski definition) is 3. The van der Waals surface area contributed by atoms with Gasteiger partial charge in [0, 0.05) is 19.6 Å². The van der Waals surface area contributed by atoms with Gasteiger partial charge in [-0.15, -0.1) is 0 Å². The maximum Gasteiger partial charge on any atom is 0.312 e. The number of urea groups is 1. The van der Waals surface area contributed by atoms with Crippen LogP contribution in [0.5, 0.6) is 11.5 Å². The fourth-order valence-corrected chi connectivity index (χ4v) is 1.31. The van der Waals surface area contributed by atoms with Crippen molar-refractivity contribution in [3.8, 4) is 11.5 Å². The van der Waals surface area contributed by atoms with Gasteiger partial charge in [-0.25, -0.2) is 4.79 Å². The van der Waals surface area contributed by atoms with Gasteiger partial charge in [-0.3, -0.25) is 0 Å². The van der Waals surface area contributed by atoms with Crippen molar-refractivity contribution in [1.29, 1.82) is 0 Å². The molecule has 0 bridgehead atoms. The van der Waals surface area contributed by atoms with Gasteiger partial charge in [0.1, 0.15) is 18.1 Å². The predicted molar refractivity (Wildman–Crippen MR) is 68.9 cm³/mol. The van der Waals surface area contributed by atoms with E-state index in [2.05, 4.69) is 10.6 Å². The molecule has 1 aromatic rings. The van der Waals surface area contributed by atoms with Gasteiger partial charge in [0.2, 0.25) is 0 Å². The number of carbonyl (C=O) groups excluding carboxylic acids is 1. The van der Waals surface area contributed by atoms with Crippen molar-refractivity contribution < 1.29 is 14.3 Å². The van der Waals surface area contributed by atoms with Gasteiger partial charge in [-0.2, -0.15) is 0 Å². The first kappa shape index (κ1) is 14.1. The number of hydrogen-bond acceptors (Lipinski definition) is 4. The number of nitrogens with one attached hydrogen (secondary N) is 2. The summed E-state index contributed by atoms with van der Waals surface area (Å²) in [6.45, 7) is 2.43. The monoisotopic (exact) mass is 253 g/mol. The fourth-order valence-electron chi connectivity index (χ4n) is 1.31. The third kappa shape index (κ3) is 5.95. The molecule has 0 aliphatic rings. The molecule has 0 aliphatic heterocycles. The molecule has 0 saturated carbocycles. The quantitative estimate of drug-likeness (QED) is 0.583. The lowest BCUT2D eigenvalue weighted by molar-refractivity contribution is 0.249. The van der Waals surface area contributed by atoms with Gasteiger partial charge < -0.3 is 25.8 Å². The van der Waals surface area contributed by atoms with E-state index >= 15 is 0 Å². The Hall–Kier alpha value is -1.95. The summed E-state index contributed by atoms with van der Waals surface area (Å²) in [7, 11) is 1.62. The fraction of sp³-hybridized carbons (Fsp3) is 0.417. The number of benzene rings is 1. The highest BCUT2D eigenvalue weighted by atomic mass is 16.5. The molecule has 0 atom stereocenters. The van der Waals surface area contributed by atoms with E-state index in [1.165, 1.54) is 0 Å². The molecule has 18 heavy (non-hydrogen) atoms. The minimum Gasteiger partial charge on any atom is -0.497 e. The minimum atomic E-state index is -0.508. The molecule has 4 N–H and O–H groups in total. The number of nitrogens with two attached hydrogens (primary N) is 1. The molecule has 0 aliphatic carbocycles. The summed E-state index contributed by atoms with van der Waals surface area (Å²) in [5.74, 6) is 1.60. The smallest absolute Gasteiger partial charge is 0.312 e. The van der Waals surface area contributed by atoms with Crippen LogP contribution in [0.15, 0.2) is 24.3 Å². The van der Waals surface area contributed by atoms with Crippen molar-refractivity contribution in [2.45, 2.75) is 0 Å². The van der Waals surface area contributed by atoms with Crippen molar-refractivity contribution in [3.63, 3.8) is 0 Å². The van der Waals surface area contributed by atoms with Crippen molar-refractivity contribution >= 4 is 6.03 Å². The third-order valence-corrected chi connectivity index (χ3v) is 2.21. The first-order chi connectivity index (χ1) is 8.72. The summed E-state index contributed by atoms with van der Waals surface area (Å²) in [4.78, 5) is 10.4. The minimum absolute atomic E-state index is 0.508. The zero-order valence-corrected chi connectivity index (χ0v) is 10.4. The van der Waals surface area contributed by atoms with E-state index < -0.39 is 6.03 Å². The molecule has 0 spiro atoms. The normalized spacial score (nSPS) is 9.83. The predicted octanol–water partition coefficient (Wildman–Crippen LogP) is 0.332. The number of carbonyl (C=O) groups is 1. The second-order valence-corrected chi connectivity index (χ2v) is 3.57. The van der Waals surface area contributed by atoms with Gasteiger partial charge in [-0.05, 0) is 24.3 Å². The van der Waals surface area contributed by atoms with E-state index in [9.17, 15) is 4.79 Å². The van der Waals surface area contributed by atoms with Crippen molar-refractivity contribution in [2.24, 2.45) is 5.73 Å². The molecule has 0 saturated heterocycles. The van der Waals surface area contributed by atoms with E-state index in [0.717, 1.165) is 11.5 Å². The first-order valence-corrected chi connectivity index (χ1v) is 5.73. The van der Waals surface area contributed by atoms with Crippen molar-refractivity contribution in [2.75, 3.05) is 33.4 Å². The number of ether oxygens (including phenoxy) is 2. The molecule has 2 amide bonds. The molecule has 100 valence electrons. The van der Waals surface area contributed by atoms with Crippen LogP contribution in [0.25, 0.3) is 0 Å². The van der Waals surface area contributed by atoms with Gasteiger partial charge in [0.15, 0.2) is 0 Å². The van der Waals surface area contributed by atoms with Gasteiger partial charge >= 0.3 is 6.03 Å². The zero-order valence-electron chi connectivity index (χ0n) is 10.4. The van der Waals surface area contributed by atoms with Gasteiger partial charge in [0.25, 0.3) is 0 Å². The van der Waals surface area contributed by atoms with Crippen LogP contribution in [0.1, 0.15) is 0 Å². The number of methoxy groups -OCH3 is 1. The maximum absolute atomic E-state index is 10.4. The lowest BCUT2D eigenvalue weighted by Gasteiger charge is -2.08. The summed E-state index contributed by atoms with van der Waals surface area (Å²) >= 11 is 0. The summed E-state index contributed by atoms with van der Waals surface area (Å²) in [6, 6.07) is 6.89. The Balaban J connectivity index is 2.05. The Kier molecular flexibility index (Phi) is 6.42. The van der Waals surface area contributed by atoms with Crippen LogP contribution in [-0.4, -0.2) is 39.4 Å². The van der Waals surface area contributed by atoms with Crippen LogP contribution >= 0.6 is 0 Å². The molecule has 0 heterocycles. The van der Waals surface area contributed by atoms with E-state index in [0.29, 0.717) is 26.2 Å². The standard InChI is InChI=1S/C12H19N3O3/c1-17-10-2-4-11(5-3-10)18-9-8-14-6-7-15-12(13)16/h2-5,14H,6-9H2,1H3,(H3,13,15,16). The SMILES string of the molecule is COc1ccc(OCCNCCNC(N)=O)cc1. The third-order valence-electron chi connectivity index (χ3n) is 2.21. The average Bonchev–Trinajstić information content (AvgIpc) is 2.38. The van der Waals surface area contributed by atoms with Crippen LogP contribution in [-0.2, 0) is 0 Å². The van der Waals surface area contributed by atoms with Crippen LogP contribution in [0.3, 0.4) is 0 Å². The highest BCUT2D eigenvalue weighted by Crippen LogP contribution is 2.16. The Bertz CT molecular complexity index is 354. The molecule has 0 unspecified atom stereocenters. The second-order valence-electron chi connectivity index (χ2n) is 3.57. The molecule has 6 nitrogen and oxygen atoms in total. The van der Waals surface area contributed by atoms with Gasteiger partial charge in [-0.1, -0.05) is 0 Å². The summed E-state index contributed by atoms with van der Waals surface area (Å²) in [5.41, 5.74) is 4.92. The Morgan fingerprint density at radius 2 is 1.83 bits per heavy atom. The lowest BCUT2D eigenvalue weighted by Crippen LogP contribution is -2.36. The van der Waals surface area contributed by atoms with Crippen LogP contribution in [0.2, 0.25) is 0 Å². The average molecular weight is 253 g/mol. The lowest BCUT2D eigenvalue weighted by atomic mass is 10.3. The largest absolute Gasteiger partial charge is 0.497 e. The molecule has 0 radical (unpaired) electrons. The summed E-state index contributed by atoms with van der Waals surface area (Å²) < 4.78 is 10.5. The van der Waals surface area contributed by atoms with E-state index in [1.54, 1.807) is 7.11 Å². The van der Waals surface area contributed by atoms with Crippen LogP contribution < -0.4 is 25.8 Å². The molecule has 6 heteroatoms. The molecule has 1 rings (SSSR count). The molecule has 0 fully saturated rings.